The summed E-state index contributed by atoms with van der Waals surface area (Å²) < 4.78 is 11.1. The third-order valence-electron chi connectivity index (χ3n) is 7.44. The second-order valence-electron chi connectivity index (χ2n) is 9.60. The van der Waals surface area contributed by atoms with Gasteiger partial charge in [0.25, 0.3) is 0 Å². The highest BCUT2D eigenvalue weighted by Gasteiger charge is 2.53. The molecule has 4 fully saturated rings. The van der Waals surface area contributed by atoms with Crippen molar-refractivity contribution < 1.29 is 14.3 Å². The quantitative estimate of drug-likeness (QED) is 0.612. The molecule has 4 saturated carbocycles. The van der Waals surface area contributed by atoms with Crippen molar-refractivity contribution in [2.45, 2.75) is 64.8 Å². The van der Waals surface area contributed by atoms with Crippen molar-refractivity contribution in [3.63, 3.8) is 0 Å². The minimum atomic E-state index is -0.00137. The van der Waals surface area contributed by atoms with Crippen LogP contribution in [0.2, 0.25) is 0 Å². The topological polar surface area (TPSA) is 47.6 Å². The molecule has 0 heterocycles. The first kappa shape index (κ1) is 20.3. The van der Waals surface area contributed by atoms with Crippen LogP contribution in [0.4, 0.5) is 0 Å². The standard InChI is InChI=1S/C25H35NO3/c1-4-9-29-22-7-5-18(13-23(22)28-3)6-8-24(27)26-17(2)25-14-19-10-20(15-25)12-21(11-19)16-25/h5-8,13,17,19-21H,4,9-12,14-16H2,1-3H3,(H,26,27)/b8-6+/t17-,19?,20?,21?,25?/m1/s1. The molecule has 0 radical (unpaired) electrons. The van der Waals surface area contributed by atoms with Crippen molar-refractivity contribution in [1.82, 2.24) is 5.32 Å². The number of methoxy groups -OCH3 is 1. The largest absolute Gasteiger partial charge is 0.493 e. The van der Waals surface area contributed by atoms with E-state index in [-0.39, 0.29) is 11.9 Å². The molecule has 4 aliphatic carbocycles. The van der Waals surface area contributed by atoms with Crippen LogP contribution in [-0.2, 0) is 4.79 Å². The van der Waals surface area contributed by atoms with E-state index in [1.165, 1.54) is 38.5 Å². The SMILES string of the molecule is CCCOc1ccc(/C=C/C(=O)N[C@H](C)C23CC4CC(CC(C4)C2)C3)cc1OC. The maximum Gasteiger partial charge on any atom is 0.244 e. The van der Waals surface area contributed by atoms with E-state index < -0.39 is 0 Å². The Morgan fingerprint density at radius 3 is 2.41 bits per heavy atom. The maximum atomic E-state index is 12.6. The molecule has 5 rings (SSSR count). The molecule has 1 atom stereocenters. The van der Waals surface area contributed by atoms with E-state index in [1.807, 2.05) is 24.3 Å². The van der Waals surface area contributed by atoms with E-state index in [2.05, 4.69) is 19.2 Å². The molecular formula is C25H35NO3. The van der Waals surface area contributed by atoms with Crippen molar-refractivity contribution in [2.75, 3.05) is 13.7 Å². The molecule has 4 aliphatic rings. The van der Waals surface area contributed by atoms with Gasteiger partial charge in [0.2, 0.25) is 5.91 Å². The third kappa shape index (κ3) is 4.31. The van der Waals surface area contributed by atoms with Crippen molar-refractivity contribution in [3.8, 4) is 11.5 Å². The van der Waals surface area contributed by atoms with Crippen LogP contribution >= 0.6 is 0 Å². The monoisotopic (exact) mass is 397 g/mol. The Bertz CT molecular complexity index is 734. The first-order valence-electron chi connectivity index (χ1n) is 11.3. The fourth-order valence-electron chi connectivity index (χ4n) is 6.41. The van der Waals surface area contributed by atoms with Crippen LogP contribution in [0.3, 0.4) is 0 Å². The summed E-state index contributed by atoms with van der Waals surface area (Å²) >= 11 is 0. The summed E-state index contributed by atoms with van der Waals surface area (Å²) in [7, 11) is 1.64. The average Bonchev–Trinajstić information content (AvgIpc) is 2.70. The van der Waals surface area contributed by atoms with Crippen molar-refractivity contribution in [3.05, 3.63) is 29.8 Å². The second-order valence-corrected chi connectivity index (χ2v) is 9.60. The molecule has 4 nitrogen and oxygen atoms in total. The molecule has 0 aromatic heterocycles. The van der Waals surface area contributed by atoms with Gasteiger partial charge in [-0.1, -0.05) is 13.0 Å². The van der Waals surface area contributed by atoms with Crippen LogP contribution in [0.25, 0.3) is 6.08 Å². The van der Waals surface area contributed by atoms with E-state index in [4.69, 9.17) is 9.47 Å². The molecule has 29 heavy (non-hydrogen) atoms. The molecule has 1 aromatic carbocycles. The fourth-order valence-corrected chi connectivity index (χ4v) is 6.41. The maximum absolute atomic E-state index is 12.6. The Kier molecular flexibility index (Phi) is 5.89. The van der Waals surface area contributed by atoms with Gasteiger partial charge in [0.15, 0.2) is 11.5 Å². The normalized spacial score (nSPS) is 31.1. The number of carbonyl (C=O) groups is 1. The summed E-state index contributed by atoms with van der Waals surface area (Å²) in [6.07, 6.45) is 12.7. The lowest BCUT2D eigenvalue weighted by atomic mass is 9.48. The van der Waals surface area contributed by atoms with Crippen molar-refractivity contribution >= 4 is 12.0 Å². The number of amides is 1. The number of benzene rings is 1. The Labute approximate surface area is 175 Å². The number of hydrogen-bond donors (Lipinski definition) is 1. The van der Waals surface area contributed by atoms with Gasteiger partial charge in [-0.25, -0.2) is 0 Å². The highest BCUT2D eigenvalue weighted by molar-refractivity contribution is 5.92. The van der Waals surface area contributed by atoms with Gasteiger partial charge in [-0.2, -0.15) is 0 Å². The summed E-state index contributed by atoms with van der Waals surface area (Å²) in [6, 6.07) is 6.02. The van der Waals surface area contributed by atoms with E-state index in [0.717, 1.165) is 35.5 Å². The molecule has 0 unspecified atom stereocenters. The van der Waals surface area contributed by atoms with Gasteiger partial charge >= 0.3 is 0 Å². The highest BCUT2D eigenvalue weighted by atomic mass is 16.5. The molecule has 1 N–H and O–H groups in total. The summed E-state index contributed by atoms with van der Waals surface area (Å²) in [5.41, 5.74) is 1.27. The number of carbonyl (C=O) groups excluding carboxylic acids is 1. The van der Waals surface area contributed by atoms with Gasteiger partial charge in [0.05, 0.1) is 13.7 Å². The van der Waals surface area contributed by atoms with Gasteiger partial charge in [0.1, 0.15) is 0 Å². The van der Waals surface area contributed by atoms with Gasteiger partial charge in [-0.05, 0) is 98.8 Å². The molecule has 0 spiro atoms. The smallest absolute Gasteiger partial charge is 0.244 e. The summed E-state index contributed by atoms with van der Waals surface area (Å²) in [5.74, 6) is 4.14. The van der Waals surface area contributed by atoms with Crippen LogP contribution in [0, 0.1) is 23.2 Å². The Morgan fingerprint density at radius 2 is 1.83 bits per heavy atom. The van der Waals surface area contributed by atoms with Crippen molar-refractivity contribution in [1.29, 1.82) is 0 Å². The summed E-state index contributed by atoms with van der Waals surface area (Å²) in [6.45, 7) is 4.96. The van der Waals surface area contributed by atoms with Gasteiger partial charge < -0.3 is 14.8 Å². The molecule has 158 valence electrons. The molecule has 0 saturated heterocycles. The molecule has 4 bridgehead atoms. The zero-order valence-electron chi connectivity index (χ0n) is 18.1. The predicted octanol–water partition coefficient (Wildman–Crippen LogP) is 5.22. The molecular weight excluding hydrogens is 362 g/mol. The highest BCUT2D eigenvalue weighted by Crippen LogP contribution is 2.61. The number of hydrogen-bond acceptors (Lipinski definition) is 3. The van der Waals surface area contributed by atoms with E-state index in [1.54, 1.807) is 13.2 Å². The lowest BCUT2D eigenvalue weighted by Gasteiger charge is -2.59. The van der Waals surface area contributed by atoms with E-state index >= 15 is 0 Å². The summed E-state index contributed by atoms with van der Waals surface area (Å²) in [5, 5.41) is 3.29. The molecule has 1 amide bonds. The average molecular weight is 398 g/mol. The Hall–Kier alpha value is -1.97. The van der Waals surface area contributed by atoms with Crippen LogP contribution in [-0.4, -0.2) is 25.7 Å². The number of nitrogens with one attached hydrogen (secondary N) is 1. The van der Waals surface area contributed by atoms with Crippen LogP contribution in [0.1, 0.15) is 64.4 Å². The fraction of sp³-hybridized carbons (Fsp3) is 0.640. The number of ether oxygens (including phenoxy) is 2. The summed E-state index contributed by atoms with van der Waals surface area (Å²) in [4.78, 5) is 12.6. The van der Waals surface area contributed by atoms with E-state index in [0.29, 0.717) is 17.8 Å². The van der Waals surface area contributed by atoms with Gasteiger partial charge in [-0.15, -0.1) is 0 Å². The lowest BCUT2D eigenvalue weighted by Crippen LogP contribution is -2.55. The minimum Gasteiger partial charge on any atom is -0.493 e. The second kappa shape index (κ2) is 8.41. The molecule has 1 aromatic rings. The zero-order chi connectivity index (χ0) is 20.4. The lowest BCUT2D eigenvalue weighted by molar-refractivity contribution is -0.121. The van der Waals surface area contributed by atoms with Crippen LogP contribution in [0.5, 0.6) is 11.5 Å². The zero-order valence-corrected chi connectivity index (χ0v) is 18.1. The Balaban J connectivity index is 1.37. The van der Waals surface area contributed by atoms with Gasteiger partial charge in [0, 0.05) is 12.1 Å². The molecule has 4 heteroatoms. The minimum absolute atomic E-state index is 0.00137. The van der Waals surface area contributed by atoms with Crippen LogP contribution in [0.15, 0.2) is 24.3 Å². The first-order valence-corrected chi connectivity index (χ1v) is 11.3. The third-order valence-corrected chi connectivity index (χ3v) is 7.44. The number of rotatable bonds is 8. The van der Waals surface area contributed by atoms with Gasteiger partial charge in [-0.3, -0.25) is 4.79 Å². The van der Waals surface area contributed by atoms with Crippen LogP contribution < -0.4 is 14.8 Å². The van der Waals surface area contributed by atoms with E-state index in [9.17, 15) is 4.79 Å². The van der Waals surface area contributed by atoms with Crippen molar-refractivity contribution in [2.24, 2.45) is 23.2 Å². The first-order chi connectivity index (χ1) is 14.0. The Morgan fingerprint density at radius 1 is 1.17 bits per heavy atom. The predicted molar refractivity (Wildman–Crippen MR) is 116 cm³/mol. The molecule has 0 aliphatic heterocycles.